The maximum atomic E-state index is 11.9. The van der Waals surface area contributed by atoms with Crippen molar-refractivity contribution < 1.29 is 14.3 Å². The van der Waals surface area contributed by atoms with E-state index in [1.165, 1.54) is 0 Å². The molecule has 0 aromatic carbocycles. The van der Waals surface area contributed by atoms with E-state index in [9.17, 15) is 4.79 Å². The molecular formula is C12H21NO3. The number of carbonyl (C=O) groups excluding carboxylic acids is 1. The highest BCUT2D eigenvalue weighted by molar-refractivity contribution is 5.80. The summed E-state index contributed by atoms with van der Waals surface area (Å²) in [4.78, 5) is 14.3. The minimum Gasteiger partial charge on any atom is -0.466 e. The molecule has 1 unspecified atom stereocenters. The lowest BCUT2D eigenvalue weighted by Crippen LogP contribution is -2.48. The van der Waals surface area contributed by atoms with Crippen LogP contribution in [0.4, 0.5) is 0 Å². The highest BCUT2D eigenvalue weighted by atomic mass is 16.5. The van der Waals surface area contributed by atoms with Gasteiger partial charge in [0, 0.05) is 19.1 Å². The van der Waals surface area contributed by atoms with Crippen molar-refractivity contribution in [3.8, 4) is 0 Å². The van der Waals surface area contributed by atoms with Gasteiger partial charge in [0.25, 0.3) is 0 Å². The Kier molecular flexibility index (Phi) is 3.50. The van der Waals surface area contributed by atoms with Gasteiger partial charge in [-0.15, -0.1) is 0 Å². The zero-order valence-electron chi connectivity index (χ0n) is 10.2. The Bertz CT molecular complexity index is 257. The van der Waals surface area contributed by atoms with Crippen LogP contribution in [0.25, 0.3) is 0 Å². The molecule has 1 aliphatic carbocycles. The zero-order chi connectivity index (χ0) is 11.6. The van der Waals surface area contributed by atoms with E-state index in [4.69, 9.17) is 9.47 Å². The molecule has 0 aromatic rings. The van der Waals surface area contributed by atoms with E-state index in [1.54, 1.807) is 0 Å². The predicted molar refractivity (Wildman–Crippen MR) is 60.2 cm³/mol. The molecule has 2 aliphatic rings. The van der Waals surface area contributed by atoms with E-state index < -0.39 is 0 Å². The molecule has 0 radical (unpaired) electrons. The quantitative estimate of drug-likeness (QED) is 0.673. The van der Waals surface area contributed by atoms with Crippen LogP contribution in [0.15, 0.2) is 0 Å². The fourth-order valence-corrected chi connectivity index (χ4v) is 2.52. The largest absolute Gasteiger partial charge is 0.466 e. The summed E-state index contributed by atoms with van der Waals surface area (Å²) in [6.45, 7) is 7.93. The van der Waals surface area contributed by atoms with Gasteiger partial charge >= 0.3 is 5.97 Å². The lowest BCUT2D eigenvalue weighted by molar-refractivity contribution is -0.153. The van der Waals surface area contributed by atoms with Crippen molar-refractivity contribution in [3.05, 3.63) is 0 Å². The van der Waals surface area contributed by atoms with E-state index in [0.717, 1.165) is 39.1 Å². The van der Waals surface area contributed by atoms with Gasteiger partial charge in [-0.05, 0) is 26.7 Å². The van der Waals surface area contributed by atoms with Crippen LogP contribution >= 0.6 is 0 Å². The zero-order valence-corrected chi connectivity index (χ0v) is 10.2. The fraction of sp³-hybridized carbons (Fsp3) is 0.917. The normalized spacial score (nSPS) is 26.1. The summed E-state index contributed by atoms with van der Waals surface area (Å²) in [5.74, 6) is -0.00556. The molecule has 2 rings (SSSR count). The summed E-state index contributed by atoms with van der Waals surface area (Å²) in [6, 6.07) is 0.287. The average molecular weight is 227 g/mol. The van der Waals surface area contributed by atoms with Gasteiger partial charge in [-0.3, -0.25) is 9.69 Å². The number of morpholine rings is 1. The molecule has 0 spiro atoms. The molecule has 1 saturated carbocycles. The maximum absolute atomic E-state index is 11.9. The number of rotatable bonds is 4. The highest BCUT2D eigenvalue weighted by Gasteiger charge is 2.56. The minimum absolute atomic E-state index is 0.00556. The Morgan fingerprint density at radius 3 is 2.56 bits per heavy atom. The number of carbonyl (C=O) groups is 1. The molecule has 16 heavy (non-hydrogen) atoms. The second-order valence-electron chi connectivity index (χ2n) is 4.70. The molecule has 2 fully saturated rings. The van der Waals surface area contributed by atoms with Crippen molar-refractivity contribution in [2.75, 3.05) is 32.9 Å². The molecule has 0 bridgehead atoms. The van der Waals surface area contributed by atoms with Crippen LogP contribution in [-0.2, 0) is 14.3 Å². The molecular weight excluding hydrogens is 206 g/mol. The molecule has 0 N–H and O–H groups in total. The third-order valence-corrected chi connectivity index (χ3v) is 3.86. The van der Waals surface area contributed by atoms with E-state index in [0.29, 0.717) is 6.61 Å². The van der Waals surface area contributed by atoms with Gasteiger partial charge in [-0.25, -0.2) is 0 Å². The SMILES string of the molecule is CCOC(=O)C1(C(C)N2CCOCC2)CC1. The Labute approximate surface area is 96.9 Å². The summed E-state index contributed by atoms with van der Waals surface area (Å²) in [5, 5.41) is 0. The second kappa shape index (κ2) is 4.72. The molecule has 0 amide bonds. The molecule has 4 heteroatoms. The standard InChI is InChI=1S/C12H21NO3/c1-3-16-11(14)12(4-5-12)10(2)13-6-8-15-9-7-13/h10H,3-9H2,1-2H3. The van der Waals surface area contributed by atoms with E-state index in [2.05, 4.69) is 11.8 Å². The fourth-order valence-electron chi connectivity index (χ4n) is 2.52. The number of nitrogens with zero attached hydrogens (tertiary/aromatic N) is 1. The van der Waals surface area contributed by atoms with Crippen LogP contribution in [0.3, 0.4) is 0 Å². The van der Waals surface area contributed by atoms with Crippen LogP contribution in [-0.4, -0.2) is 49.8 Å². The molecule has 0 aromatic heterocycles. The first kappa shape index (κ1) is 11.9. The monoisotopic (exact) mass is 227 g/mol. The Hall–Kier alpha value is -0.610. The van der Waals surface area contributed by atoms with Crippen molar-refractivity contribution >= 4 is 5.97 Å². The number of esters is 1. The first-order chi connectivity index (χ1) is 7.70. The lowest BCUT2D eigenvalue weighted by Gasteiger charge is -2.36. The van der Waals surface area contributed by atoms with Crippen LogP contribution < -0.4 is 0 Å². The highest BCUT2D eigenvalue weighted by Crippen LogP contribution is 2.51. The minimum atomic E-state index is -0.215. The summed E-state index contributed by atoms with van der Waals surface area (Å²) >= 11 is 0. The molecule has 1 heterocycles. The molecule has 1 aliphatic heterocycles. The number of ether oxygens (including phenoxy) is 2. The Balaban J connectivity index is 1.97. The van der Waals surface area contributed by atoms with Crippen LogP contribution in [0.1, 0.15) is 26.7 Å². The van der Waals surface area contributed by atoms with Crippen molar-refractivity contribution in [3.63, 3.8) is 0 Å². The van der Waals surface area contributed by atoms with Crippen molar-refractivity contribution in [2.24, 2.45) is 5.41 Å². The topological polar surface area (TPSA) is 38.8 Å². The van der Waals surface area contributed by atoms with Gasteiger partial charge in [0.1, 0.15) is 0 Å². The van der Waals surface area contributed by atoms with Gasteiger partial charge < -0.3 is 9.47 Å². The van der Waals surface area contributed by atoms with E-state index in [1.807, 2.05) is 6.92 Å². The first-order valence-electron chi connectivity index (χ1n) is 6.20. The van der Waals surface area contributed by atoms with Gasteiger partial charge in [-0.2, -0.15) is 0 Å². The van der Waals surface area contributed by atoms with Crippen molar-refractivity contribution in [1.82, 2.24) is 4.90 Å². The third kappa shape index (κ3) is 2.09. The van der Waals surface area contributed by atoms with Crippen molar-refractivity contribution in [1.29, 1.82) is 0 Å². The smallest absolute Gasteiger partial charge is 0.313 e. The summed E-state index contributed by atoms with van der Waals surface area (Å²) in [6.07, 6.45) is 1.95. The third-order valence-electron chi connectivity index (χ3n) is 3.86. The second-order valence-corrected chi connectivity index (χ2v) is 4.70. The van der Waals surface area contributed by atoms with Gasteiger partial charge in [0.05, 0.1) is 25.2 Å². The molecule has 92 valence electrons. The molecule has 1 saturated heterocycles. The molecule has 1 atom stereocenters. The predicted octanol–water partition coefficient (Wildman–Crippen LogP) is 1.05. The summed E-state index contributed by atoms with van der Waals surface area (Å²) in [7, 11) is 0. The summed E-state index contributed by atoms with van der Waals surface area (Å²) < 4.78 is 10.5. The maximum Gasteiger partial charge on any atom is 0.313 e. The lowest BCUT2D eigenvalue weighted by atomic mass is 9.96. The van der Waals surface area contributed by atoms with Crippen molar-refractivity contribution in [2.45, 2.75) is 32.7 Å². The van der Waals surface area contributed by atoms with Gasteiger partial charge in [0.2, 0.25) is 0 Å². The Morgan fingerprint density at radius 2 is 2.06 bits per heavy atom. The number of hydrogen-bond donors (Lipinski definition) is 0. The molecule has 4 nitrogen and oxygen atoms in total. The van der Waals surface area contributed by atoms with E-state index >= 15 is 0 Å². The van der Waals surface area contributed by atoms with Gasteiger partial charge in [0.15, 0.2) is 0 Å². The Morgan fingerprint density at radius 1 is 1.44 bits per heavy atom. The number of hydrogen-bond acceptors (Lipinski definition) is 4. The first-order valence-corrected chi connectivity index (χ1v) is 6.20. The summed E-state index contributed by atoms with van der Waals surface area (Å²) in [5.41, 5.74) is -0.215. The average Bonchev–Trinajstić information content (AvgIpc) is 3.11. The van der Waals surface area contributed by atoms with Crippen LogP contribution in [0, 0.1) is 5.41 Å². The van der Waals surface area contributed by atoms with E-state index in [-0.39, 0.29) is 17.4 Å². The van der Waals surface area contributed by atoms with Crippen LogP contribution in [0.5, 0.6) is 0 Å². The van der Waals surface area contributed by atoms with Gasteiger partial charge in [-0.1, -0.05) is 0 Å². The van der Waals surface area contributed by atoms with Crippen LogP contribution in [0.2, 0.25) is 0 Å².